The molecular formula is C15H13ClFNO3S. The van der Waals surface area contributed by atoms with Gasteiger partial charge in [-0.15, -0.1) is 0 Å². The molecule has 2 aromatic rings. The summed E-state index contributed by atoms with van der Waals surface area (Å²) in [6, 6.07) is 10.6. The Bertz CT molecular complexity index is 810. The monoisotopic (exact) mass is 341 g/mol. The SMILES string of the molecule is O=S(=O)(Cc1ccccc1Cl)N1CCOc2ccc(F)cc21. The molecule has 0 spiro atoms. The lowest BCUT2D eigenvalue weighted by atomic mass is 10.2. The van der Waals surface area contributed by atoms with Crippen molar-refractivity contribution in [2.45, 2.75) is 5.75 Å². The number of nitrogens with zero attached hydrogens (tertiary/aromatic N) is 1. The van der Waals surface area contributed by atoms with Crippen LogP contribution in [0.3, 0.4) is 0 Å². The molecular weight excluding hydrogens is 329 g/mol. The van der Waals surface area contributed by atoms with Crippen LogP contribution in [-0.2, 0) is 15.8 Å². The number of ether oxygens (including phenoxy) is 1. The van der Waals surface area contributed by atoms with Gasteiger partial charge in [-0.25, -0.2) is 12.8 Å². The fraction of sp³-hybridized carbons (Fsp3) is 0.200. The van der Waals surface area contributed by atoms with E-state index in [9.17, 15) is 12.8 Å². The number of hydrogen-bond acceptors (Lipinski definition) is 3. The van der Waals surface area contributed by atoms with Gasteiger partial charge < -0.3 is 4.74 Å². The van der Waals surface area contributed by atoms with Gasteiger partial charge in [0, 0.05) is 11.1 Å². The van der Waals surface area contributed by atoms with Gasteiger partial charge in [0.2, 0.25) is 10.0 Å². The van der Waals surface area contributed by atoms with Gasteiger partial charge in [0.1, 0.15) is 18.2 Å². The minimum atomic E-state index is -3.69. The highest BCUT2D eigenvalue weighted by molar-refractivity contribution is 7.92. The van der Waals surface area contributed by atoms with E-state index in [4.69, 9.17) is 16.3 Å². The third-order valence-corrected chi connectivity index (χ3v) is 5.47. The molecule has 3 rings (SSSR count). The van der Waals surface area contributed by atoms with Crippen molar-refractivity contribution in [3.8, 4) is 5.75 Å². The third kappa shape index (κ3) is 2.89. The van der Waals surface area contributed by atoms with Crippen molar-refractivity contribution in [1.29, 1.82) is 0 Å². The summed E-state index contributed by atoms with van der Waals surface area (Å²) >= 11 is 6.03. The molecule has 0 amide bonds. The standard InChI is InChI=1S/C15H13ClFNO3S/c16-13-4-2-1-3-11(13)10-22(19,20)18-7-8-21-15-6-5-12(17)9-14(15)18/h1-6,9H,7-8,10H2. The van der Waals surface area contributed by atoms with Crippen molar-refractivity contribution < 1.29 is 17.5 Å². The number of benzene rings is 2. The molecule has 0 aliphatic carbocycles. The zero-order valence-electron chi connectivity index (χ0n) is 11.5. The van der Waals surface area contributed by atoms with Crippen molar-refractivity contribution in [2.75, 3.05) is 17.5 Å². The van der Waals surface area contributed by atoms with Crippen LogP contribution < -0.4 is 9.04 Å². The highest BCUT2D eigenvalue weighted by atomic mass is 35.5. The van der Waals surface area contributed by atoms with E-state index in [0.29, 0.717) is 16.3 Å². The molecule has 0 aromatic heterocycles. The molecule has 0 saturated carbocycles. The second-order valence-corrected chi connectivity index (χ2v) is 7.18. The summed E-state index contributed by atoms with van der Waals surface area (Å²) in [6.45, 7) is 0.365. The maximum Gasteiger partial charge on any atom is 0.239 e. The van der Waals surface area contributed by atoms with Gasteiger partial charge in [0.25, 0.3) is 0 Å². The Labute approximate surface area is 133 Å². The number of fused-ring (bicyclic) bond motifs is 1. The van der Waals surface area contributed by atoms with Crippen LogP contribution >= 0.6 is 11.6 Å². The maximum absolute atomic E-state index is 13.4. The van der Waals surface area contributed by atoms with Crippen LogP contribution in [0.5, 0.6) is 5.75 Å². The summed E-state index contributed by atoms with van der Waals surface area (Å²) < 4.78 is 45.3. The number of anilines is 1. The van der Waals surface area contributed by atoms with Crippen LogP contribution in [0.15, 0.2) is 42.5 Å². The first-order valence-corrected chi connectivity index (χ1v) is 8.62. The zero-order valence-corrected chi connectivity index (χ0v) is 13.1. The average Bonchev–Trinajstić information content (AvgIpc) is 2.48. The molecule has 1 aliphatic rings. The number of rotatable bonds is 3. The van der Waals surface area contributed by atoms with Gasteiger partial charge >= 0.3 is 0 Å². The Morgan fingerprint density at radius 3 is 2.77 bits per heavy atom. The Hall–Kier alpha value is -1.79. The first-order chi connectivity index (χ1) is 10.5. The van der Waals surface area contributed by atoms with Gasteiger partial charge in [0.05, 0.1) is 18.0 Å². The molecule has 7 heteroatoms. The molecule has 0 fully saturated rings. The summed E-state index contributed by atoms with van der Waals surface area (Å²) in [4.78, 5) is 0. The predicted molar refractivity (Wildman–Crippen MR) is 83.3 cm³/mol. The molecule has 116 valence electrons. The average molecular weight is 342 g/mol. The van der Waals surface area contributed by atoms with Crippen LogP contribution in [-0.4, -0.2) is 21.6 Å². The lowest BCUT2D eigenvalue weighted by molar-refractivity contribution is 0.315. The Morgan fingerprint density at radius 2 is 2.00 bits per heavy atom. The van der Waals surface area contributed by atoms with Crippen molar-refractivity contribution >= 4 is 27.3 Å². The molecule has 22 heavy (non-hydrogen) atoms. The number of sulfonamides is 1. The zero-order chi connectivity index (χ0) is 15.7. The molecule has 0 saturated heterocycles. The molecule has 2 aromatic carbocycles. The second-order valence-electron chi connectivity index (χ2n) is 4.88. The fourth-order valence-corrected chi connectivity index (χ4v) is 4.22. The van der Waals surface area contributed by atoms with Crippen LogP contribution in [0.25, 0.3) is 0 Å². The fourth-order valence-electron chi connectivity index (χ4n) is 2.35. The van der Waals surface area contributed by atoms with E-state index < -0.39 is 15.8 Å². The molecule has 0 radical (unpaired) electrons. The van der Waals surface area contributed by atoms with Gasteiger partial charge in [-0.05, 0) is 23.8 Å². The van der Waals surface area contributed by atoms with Crippen molar-refractivity contribution in [1.82, 2.24) is 0 Å². The van der Waals surface area contributed by atoms with Crippen LogP contribution in [0.2, 0.25) is 5.02 Å². The summed E-state index contributed by atoms with van der Waals surface area (Å²) in [6.07, 6.45) is 0. The molecule has 0 N–H and O–H groups in total. The van der Waals surface area contributed by atoms with Gasteiger partial charge in [-0.2, -0.15) is 0 Å². The summed E-state index contributed by atoms with van der Waals surface area (Å²) in [5, 5.41) is 0.388. The molecule has 4 nitrogen and oxygen atoms in total. The minimum Gasteiger partial charge on any atom is -0.489 e. The lowest BCUT2D eigenvalue weighted by Gasteiger charge is -2.30. The van der Waals surface area contributed by atoms with Crippen LogP contribution in [0.1, 0.15) is 5.56 Å². The molecule has 0 unspecified atom stereocenters. The minimum absolute atomic E-state index is 0.142. The molecule has 0 atom stereocenters. The van der Waals surface area contributed by atoms with Crippen molar-refractivity contribution in [3.05, 3.63) is 58.9 Å². The van der Waals surface area contributed by atoms with Gasteiger partial charge in [-0.1, -0.05) is 29.8 Å². The van der Waals surface area contributed by atoms with E-state index >= 15 is 0 Å². The largest absolute Gasteiger partial charge is 0.489 e. The second kappa shape index (κ2) is 5.78. The van der Waals surface area contributed by atoms with Gasteiger partial charge in [-0.3, -0.25) is 4.31 Å². The normalized spacial score (nSPS) is 14.4. The summed E-state index contributed by atoms with van der Waals surface area (Å²) in [5.74, 6) is -0.402. The van der Waals surface area contributed by atoms with E-state index in [1.807, 2.05) is 0 Å². The summed E-state index contributed by atoms with van der Waals surface area (Å²) in [5.41, 5.74) is 0.729. The van der Waals surface area contributed by atoms with Crippen molar-refractivity contribution in [2.24, 2.45) is 0 Å². The molecule has 0 bridgehead atoms. The highest BCUT2D eigenvalue weighted by Gasteiger charge is 2.29. The number of hydrogen-bond donors (Lipinski definition) is 0. The predicted octanol–water partition coefficient (Wildman–Crippen LogP) is 3.21. The van der Waals surface area contributed by atoms with E-state index in [1.165, 1.54) is 22.5 Å². The summed E-state index contributed by atoms with van der Waals surface area (Å²) in [7, 11) is -3.69. The maximum atomic E-state index is 13.4. The Kier molecular flexibility index (Phi) is 3.97. The van der Waals surface area contributed by atoms with Crippen molar-refractivity contribution in [3.63, 3.8) is 0 Å². The topological polar surface area (TPSA) is 46.6 Å². The third-order valence-electron chi connectivity index (χ3n) is 3.37. The first-order valence-electron chi connectivity index (χ1n) is 6.63. The van der Waals surface area contributed by atoms with E-state index in [1.54, 1.807) is 24.3 Å². The van der Waals surface area contributed by atoms with Crippen LogP contribution in [0, 0.1) is 5.82 Å². The smallest absolute Gasteiger partial charge is 0.239 e. The van der Waals surface area contributed by atoms with Gasteiger partial charge in [0.15, 0.2) is 0 Å². The van der Waals surface area contributed by atoms with E-state index in [-0.39, 0.29) is 24.6 Å². The Balaban J connectivity index is 1.98. The first kappa shape index (κ1) is 15.1. The molecule has 1 aliphatic heterocycles. The van der Waals surface area contributed by atoms with Crippen LogP contribution in [0.4, 0.5) is 10.1 Å². The van der Waals surface area contributed by atoms with E-state index in [2.05, 4.69) is 0 Å². The number of halogens is 2. The lowest BCUT2D eigenvalue weighted by Crippen LogP contribution is -2.38. The molecule has 1 heterocycles. The van der Waals surface area contributed by atoms with E-state index in [0.717, 1.165) is 0 Å². The highest BCUT2D eigenvalue weighted by Crippen LogP contribution is 2.35. The Morgan fingerprint density at radius 1 is 1.23 bits per heavy atom. The quantitative estimate of drug-likeness (QED) is 0.861.